The van der Waals surface area contributed by atoms with E-state index in [4.69, 9.17) is 15.2 Å². The van der Waals surface area contributed by atoms with Gasteiger partial charge in [0.25, 0.3) is 10.0 Å². The normalized spacial score (nSPS) is 18.9. The number of hydrogen-bond acceptors (Lipinski definition) is 5. The first-order chi connectivity index (χ1) is 13.8. The molecule has 7 nitrogen and oxygen atoms in total. The standard InChI is InChI=1S/C21H26N2O5S/c1-14-12-16(8-9-20(14)28-11-10-27-3)29(25,26)23-15(2)13-18(21(22)24)17-6-4-5-7-19(17)23/h4-9,12,15,18H,10-11,13H2,1-3H3,(H2,22,24). The number of fused-ring (bicyclic) bond motifs is 1. The van der Waals surface area contributed by atoms with Crippen molar-refractivity contribution in [2.45, 2.75) is 37.1 Å². The van der Waals surface area contributed by atoms with Crippen molar-refractivity contribution in [2.24, 2.45) is 5.73 Å². The molecule has 0 fully saturated rings. The molecule has 3 rings (SSSR count). The van der Waals surface area contributed by atoms with Crippen molar-refractivity contribution in [3.05, 3.63) is 53.6 Å². The molecule has 2 aromatic carbocycles. The monoisotopic (exact) mass is 418 g/mol. The molecule has 0 aromatic heterocycles. The van der Waals surface area contributed by atoms with Gasteiger partial charge in [0, 0.05) is 13.2 Å². The average molecular weight is 419 g/mol. The van der Waals surface area contributed by atoms with E-state index in [9.17, 15) is 13.2 Å². The summed E-state index contributed by atoms with van der Waals surface area (Å²) in [5.41, 5.74) is 7.41. The second-order valence-corrected chi connectivity index (χ2v) is 8.98. The van der Waals surface area contributed by atoms with Crippen molar-refractivity contribution >= 4 is 21.6 Å². The summed E-state index contributed by atoms with van der Waals surface area (Å²) in [6.45, 7) is 4.42. The third kappa shape index (κ3) is 4.09. The second kappa shape index (κ2) is 8.42. The molecular formula is C21H26N2O5S. The number of anilines is 1. The lowest BCUT2D eigenvalue weighted by atomic mass is 9.87. The number of nitrogens with two attached hydrogens (primary N) is 1. The molecule has 0 spiro atoms. The van der Waals surface area contributed by atoms with Crippen LogP contribution in [0.3, 0.4) is 0 Å². The Labute approximate surface area is 171 Å². The minimum Gasteiger partial charge on any atom is -0.491 e. The Morgan fingerprint density at radius 1 is 1.21 bits per heavy atom. The summed E-state index contributed by atoms with van der Waals surface area (Å²) in [6.07, 6.45) is 0.336. The summed E-state index contributed by atoms with van der Waals surface area (Å²) in [5, 5.41) is 0. The fourth-order valence-corrected chi connectivity index (χ4v) is 5.49. The fourth-order valence-electron chi connectivity index (χ4n) is 3.71. The highest BCUT2D eigenvalue weighted by atomic mass is 32.2. The van der Waals surface area contributed by atoms with Crippen LogP contribution in [0.1, 0.15) is 30.4 Å². The van der Waals surface area contributed by atoms with Crippen LogP contribution in [0.2, 0.25) is 0 Å². The molecule has 2 atom stereocenters. The predicted octanol–water partition coefficient (Wildman–Crippen LogP) is 2.58. The smallest absolute Gasteiger partial charge is 0.264 e. The van der Waals surface area contributed by atoms with E-state index in [-0.39, 0.29) is 4.90 Å². The summed E-state index contributed by atoms with van der Waals surface area (Å²) in [7, 11) is -2.25. The minimum atomic E-state index is -3.84. The molecule has 0 bridgehead atoms. The Balaban J connectivity index is 1.99. The van der Waals surface area contributed by atoms with Gasteiger partial charge in [-0.2, -0.15) is 0 Å². The van der Waals surface area contributed by atoms with Gasteiger partial charge in [0.15, 0.2) is 0 Å². The van der Waals surface area contributed by atoms with Crippen LogP contribution in [-0.4, -0.2) is 40.7 Å². The van der Waals surface area contributed by atoms with Gasteiger partial charge < -0.3 is 15.2 Å². The number of methoxy groups -OCH3 is 1. The summed E-state index contributed by atoms with van der Waals surface area (Å²) >= 11 is 0. The van der Waals surface area contributed by atoms with E-state index in [1.807, 2.05) is 0 Å². The SMILES string of the molecule is COCCOc1ccc(S(=O)(=O)N2c3ccccc3C(C(N)=O)CC2C)cc1C. The van der Waals surface area contributed by atoms with Crippen molar-refractivity contribution in [1.29, 1.82) is 0 Å². The third-order valence-corrected chi connectivity index (χ3v) is 7.04. The highest BCUT2D eigenvalue weighted by Gasteiger charge is 2.39. The first-order valence-electron chi connectivity index (χ1n) is 9.42. The highest BCUT2D eigenvalue weighted by Crippen LogP contribution is 2.41. The van der Waals surface area contributed by atoms with Gasteiger partial charge in [0.05, 0.1) is 23.1 Å². The van der Waals surface area contributed by atoms with Crippen LogP contribution in [0, 0.1) is 6.92 Å². The van der Waals surface area contributed by atoms with E-state index < -0.39 is 27.9 Å². The van der Waals surface area contributed by atoms with Gasteiger partial charge in [-0.3, -0.25) is 9.10 Å². The molecule has 0 saturated carbocycles. The van der Waals surface area contributed by atoms with Crippen LogP contribution in [-0.2, 0) is 19.6 Å². The third-order valence-electron chi connectivity index (χ3n) is 5.12. The second-order valence-electron chi connectivity index (χ2n) is 7.17. The molecule has 1 aliphatic rings. The van der Waals surface area contributed by atoms with Gasteiger partial charge >= 0.3 is 0 Å². The molecule has 1 aliphatic heterocycles. The minimum absolute atomic E-state index is 0.174. The van der Waals surface area contributed by atoms with Gasteiger partial charge in [-0.25, -0.2) is 8.42 Å². The van der Waals surface area contributed by atoms with E-state index in [2.05, 4.69) is 0 Å². The number of carbonyl (C=O) groups is 1. The number of para-hydroxylation sites is 1. The van der Waals surface area contributed by atoms with Gasteiger partial charge in [-0.15, -0.1) is 0 Å². The lowest BCUT2D eigenvalue weighted by molar-refractivity contribution is -0.119. The van der Waals surface area contributed by atoms with Gasteiger partial charge in [0.2, 0.25) is 5.91 Å². The zero-order valence-electron chi connectivity index (χ0n) is 16.8. The maximum Gasteiger partial charge on any atom is 0.264 e. The Morgan fingerprint density at radius 2 is 1.93 bits per heavy atom. The van der Waals surface area contributed by atoms with Gasteiger partial charge in [-0.1, -0.05) is 18.2 Å². The number of hydrogen-bond donors (Lipinski definition) is 1. The Kier molecular flexibility index (Phi) is 6.14. The van der Waals surface area contributed by atoms with Gasteiger partial charge in [0.1, 0.15) is 12.4 Å². The highest BCUT2D eigenvalue weighted by molar-refractivity contribution is 7.92. The van der Waals surface area contributed by atoms with Crippen molar-refractivity contribution in [2.75, 3.05) is 24.6 Å². The number of benzene rings is 2. The van der Waals surface area contributed by atoms with Crippen molar-refractivity contribution < 1.29 is 22.7 Å². The van der Waals surface area contributed by atoms with Crippen LogP contribution in [0.15, 0.2) is 47.4 Å². The summed E-state index contributed by atoms with van der Waals surface area (Å²) in [4.78, 5) is 12.1. The predicted molar refractivity (Wildman–Crippen MR) is 111 cm³/mol. The number of carbonyl (C=O) groups excluding carboxylic acids is 1. The molecule has 2 unspecified atom stereocenters. The molecule has 8 heteroatoms. The van der Waals surface area contributed by atoms with E-state index in [0.29, 0.717) is 36.6 Å². The number of primary amides is 1. The van der Waals surface area contributed by atoms with Crippen LogP contribution in [0.5, 0.6) is 5.75 Å². The van der Waals surface area contributed by atoms with Crippen LogP contribution < -0.4 is 14.8 Å². The average Bonchev–Trinajstić information content (AvgIpc) is 2.68. The number of aryl methyl sites for hydroxylation is 1. The molecule has 2 N–H and O–H groups in total. The molecule has 0 aliphatic carbocycles. The number of sulfonamides is 1. The Hall–Kier alpha value is -2.58. The fraction of sp³-hybridized carbons (Fsp3) is 0.381. The van der Waals surface area contributed by atoms with Crippen LogP contribution in [0.25, 0.3) is 0 Å². The van der Waals surface area contributed by atoms with Crippen molar-refractivity contribution in [3.63, 3.8) is 0 Å². The topological polar surface area (TPSA) is 98.9 Å². The number of ether oxygens (including phenoxy) is 2. The maximum absolute atomic E-state index is 13.5. The lowest BCUT2D eigenvalue weighted by Crippen LogP contribution is -2.45. The molecule has 0 saturated heterocycles. The summed E-state index contributed by atoms with van der Waals surface area (Å²) < 4.78 is 39.0. The first-order valence-corrected chi connectivity index (χ1v) is 10.9. The zero-order valence-corrected chi connectivity index (χ0v) is 17.6. The van der Waals surface area contributed by atoms with E-state index in [1.165, 1.54) is 4.31 Å². The zero-order chi connectivity index (χ0) is 21.2. The molecule has 156 valence electrons. The van der Waals surface area contributed by atoms with Crippen molar-refractivity contribution in [3.8, 4) is 5.75 Å². The molecule has 29 heavy (non-hydrogen) atoms. The van der Waals surface area contributed by atoms with E-state index in [0.717, 1.165) is 5.56 Å². The summed E-state index contributed by atoms with van der Waals surface area (Å²) in [5.74, 6) is -0.345. The molecule has 1 heterocycles. The Morgan fingerprint density at radius 3 is 2.59 bits per heavy atom. The quantitative estimate of drug-likeness (QED) is 0.697. The molecule has 0 radical (unpaired) electrons. The first kappa shape index (κ1) is 21.1. The molecular weight excluding hydrogens is 392 g/mol. The number of rotatable bonds is 7. The lowest BCUT2D eigenvalue weighted by Gasteiger charge is -2.38. The maximum atomic E-state index is 13.5. The van der Waals surface area contributed by atoms with E-state index >= 15 is 0 Å². The summed E-state index contributed by atoms with van der Waals surface area (Å²) in [6, 6.07) is 11.4. The van der Waals surface area contributed by atoms with Crippen molar-refractivity contribution in [1.82, 2.24) is 0 Å². The number of nitrogens with zero attached hydrogens (tertiary/aromatic N) is 1. The van der Waals surface area contributed by atoms with Crippen LogP contribution in [0.4, 0.5) is 5.69 Å². The van der Waals surface area contributed by atoms with Crippen LogP contribution >= 0.6 is 0 Å². The van der Waals surface area contributed by atoms with E-state index in [1.54, 1.807) is 63.4 Å². The molecule has 2 aromatic rings. The van der Waals surface area contributed by atoms with Gasteiger partial charge in [-0.05, 0) is 55.7 Å². The largest absolute Gasteiger partial charge is 0.491 e. The number of amides is 1. The molecule has 1 amide bonds. The Bertz CT molecular complexity index is 1010.